The van der Waals surface area contributed by atoms with Crippen LogP contribution in [-0.2, 0) is 34.2 Å². The summed E-state index contributed by atoms with van der Waals surface area (Å²) in [5.41, 5.74) is 15.4. The summed E-state index contributed by atoms with van der Waals surface area (Å²) in [6.07, 6.45) is 1.55. The van der Waals surface area contributed by atoms with Gasteiger partial charge < -0.3 is 20.9 Å². The molecule has 0 saturated heterocycles. The smallest absolute Gasteiger partial charge is 0.158 e. The molecule has 0 aliphatic rings. The zero-order valence-corrected chi connectivity index (χ0v) is 25.1. The molecule has 0 aromatic heterocycles. The van der Waals surface area contributed by atoms with Crippen molar-refractivity contribution < 1.29 is 17.9 Å². The zero-order valence-electron chi connectivity index (χ0n) is 24.3. The topological polar surface area (TPSA) is 105 Å². The molecule has 4 aromatic carbocycles. The highest BCUT2D eigenvalue weighted by molar-refractivity contribution is 7.89. The highest BCUT2D eigenvalue weighted by Crippen LogP contribution is 2.26. The lowest BCUT2D eigenvalue weighted by molar-refractivity contribution is 0.480. The standard InChI is InChI=1S/C34H40N2O4S/c1-33(2,35)21-25-5-13-29(14-6-25)39-31-17-9-27(10-18-31)23-41(37,38)24-28-11-19-32(20-12-28)40-30-15-7-26(8-16-30)22-34(3,4)36/h5-20H,21-24,35-36H2,1-4H3. The molecule has 4 aromatic rings. The Morgan fingerprint density at radius 2 is 0.732 bits per heavy atom. The average Bonchev–Trinajstić information content (AvgIpc) is 2.87. The van der Waals surface area contributed by atoms with Crippen molar-refractivity contribution in [3.8, 4) is 23.0 Å². The van der Waals surface area contributed by atoms with Crippen molar-refractivity contribution in [2.45, 2.75) is 63.1 Å². The number of benzene rings is 4. The third kappa shape index (κ3) is 10.4. The molecule has 0 amide bonds. The zero-order chi connectivity index (χ0) is 29.7. The van der Waals surface area contributed by atoms with E-state index in [1.165, 1.54) is 0 Å². The summed E-state index contributed by atoms with van der Waals surface area (Å²) in [5, 5.41) is 0. The van der Waals surface area contributed by atoms with E-state index < -0.39 is 9.84 Å². The molecular formula is C34H40N2O4S. The van der Waals surface area contributed by atoms with Gasteiger partial charge in [-0.3, -0.25) is 0 Å². The first kappa shape index (κ1) is 30.3. The fourth-order valence-electron chi connectivity index (χ4n) is 4.54. The highest BCUT2D eigenvalue weighted by Gasteiger charge is 2.15. The summed E-state index contributed by atoms with van der Waals surface area (Å²) in [6, 6.07) is 30.0. The number of sulfone groups is 1. The first-order valence-electron chi connectivity index (χ1n) is 13.7. The van der Waals surface area contributed by atoms with Gasteiger partial charge in [0.2, 0.25) is 0 Å². The van der Waals surface area contributed by atoms with E-state index in [9.17, 15) is 8.42 Å². The van der Waals surface area contributed by atoms with E-state index >= 15 is 0 Å². The Morgan fingerprint density at radius 3 is 0.976 bits per heavy atom. The van der Waals surface area contributed by atoms with Crippen molar-refractivity contribution in [2.24, 2.45) is 11.5 Å². The minimum absolute atomic E-state index is 0.0545. The van der Waals surface area contributed by atoms with E-state index in [0.717, 1.165) is 24.0 Å². The van der Waals surface area contributed by atoms with Gasteiger partial charge in [-0.05, 0) is 111 Å². The van der Waals surface area contributed by atoms with Crippen LogP contribution in [0.4, 0.5) is 0 Å². The molecule has 216 valence electrons. The number of ether oxygens (including phenoxy) is 2. The molecular weight excluding hydrogens is 532 g/mol. The van der Waals surface area contributed by atoms with Gasteiger partial charge in [-0.2, -0.15) is 0 Å². The predicted octanol–water partition coefficient (Wildman–Crippen LogP) is 6.95. The molecule has 0 aliphatic carbocycles. The quantitative estimate of drug-likeness (QED) is 0.190. The van der Waals surface area contributed by atoms with Crippen LogP contribution in [-0.4, -0.2) is 19.5 Å². The van der Waals surface area contributed by atoms with Crippen molar-refractivity contribution in [3.63, 3.8) is 0 Å². The SMILES string of the molecule is CC(C)(N)Cc1ccc(Oc2ccc(CS(=O)(=O)Cc3ccc(Oc4ccc(CC(C)(C)N)cc4)cc3)cc2)cc1. The third-order valence-electron chi connectivity index (χ3n) is 6.26. The maximum Gasteiger partial charge on any atom is 0.158 e. The van der Waals surface area contributed by atoms with Crippen molar-refractivity contribution in [1.82, 2.24) is 0 Å². The number of hydrogen-bond donors (Lipinski definition) is 2. The monoisotopic (exact) mass is 572 g/mol. The molecule has 6 nitrogen and oxygen atoms in total. The molecule has 0 spiro atoms. The van der Waals surface area contributed by atoms with Gasteiger partial charge in [-0.15, -0.1) is 0 Å². The second kappa shape index (κ2) is 12.5. The molecule has 0 heterocycles. The van der Waals surface area contributed by atoms with E-state index in [1.54, 1.807) is 48.5 Å². The summed E-state index contributed by atoms with van der Waals surface area (Å²) >= 11 is 0. The van der Waals surface area contributed by atoms with Gasteiger partial charge in [0, 0.05) is 11.1 Å². The molecule has 0 aliphatic heterocycles. The first-order chi connectivity index (χ1) is 19.2. The van der Waals surface area contributed by atoms with E-state index in [4.69, 9.17) is 20.9 Å². The van der Waals surface area contributed by atoms with Crippen LogP contribution in [0.5, 0.6) is 23.0 Å². The van der Waals surface area contributed by atoms with Crippen LogP contribution >= 0.6 is 0 Å². The van der Waals surface area contributed by atoms with E-state index in [2.05, 4.69) is 0 Å². The van der Waals surface area contributed by atoms with Crippen LogP contribution in [0.3, 0.4) is 0 Å². The Hall–Kier alpha value is -3.65. The summed E-state index contributed by atoms with van der Waals surface area (Å²) in [4.78, 5) is 0. The van der Waals surface area contributed by atoms with Gasteiger partial charge in [0.25, 0.3) is 0 Å². The minimum Gasteiger partial charge on any atom is -0.457 e. The summed E-state index contributed by atoms with van der Waals surface area (Å²) in [7, 11) is -3.37. The molecule has 0 atom stereocenters. The Bertz CT molecular complexity index is 1400. The van der Waals surface area contributed by atoms with Gasteiger partial charge >= 0.3 is 0 Å². The molecule has 7 heteroatoms. The molecule has 0 radical (unpaired) electrons. The Morgan fingerprint density at radius 1 is 0.488 bits per heavy atom. The largest absolute Gasteiger partial charge is 0.457 e. The van der Waals surface area contributed by atoms with Crippen LogP contribution in [0.2, 0.25) is 0 Å². The fraction of sp³-hybridized carbons (Fsp3) is 0.294. The fourth-order valence-corrected chi connectivity index (χ4v) is 6.04. The van der Waals surface area contributed by atoms with Crippen molar-refractivity contribution in [3.05, 3.63) is 119 Å². The third-order valence-corrected chi connectivity index (χ3v) is 7.80. The summed E-state index contributed by atoms with van der Waals surface area (Å²) < 4.78 is 37.7. The molecule has 41 heavy (non-hydrogen) atoms. The lowest BCUT2D eigenvalue weighted by Crippen LogP contribution is -2.34. The van der Waals surface area contributed by atoms with Gasteiger partial charge in [0.15, 0.2) is 9.84 Å². The average molecular weight is 573 g/mol. The Balaban J connectivity index is 1.29. The first-order valence-corrected chi connectivity index (χ1v) is 15.5. The van der Waals surface area contributed by atoms with Gasteiger partial charge in [0.05, 0.1) is 11.5 Å². The van der Waals surface area contributed by atoms with Crippen LogP contribution in [0.25, 0.3) is 0 Å². The summed E-state index contributed by atoms with van der Waals surface area (Å²) in [5.74, 6) is 2.60. The van der Waals surface area contributed by atoms with E-state index in [0.29, 0.717) is 34.1 Å². The normalized spacial score (nSPS) is 12.2. The molecule has 0 unspecified atom stereocenters. The molecule has 0 bridgehead atoms. The number of nitrogens with two attached hydrogens (primary N) is 2. The highest BCUT2D eigenvalue weighted by atomic mass is 32.2. The second-order valence-corrected chi connectivity index (χ2v) is 14.2. The number of hydrogen-bond acceptors (Lipinski definition) is 6. The van der Waals surface area contributed by atoms with Gasteiger partial charge in [-0.1, -0.05) is 48.5 Å². The second-order valence-electron chi connectivity index (χ2n) is 12.1. The van der Waals surface area contributed by atoms with Gasteiger partial charge in [-0.25, -0.2) is 8.42 Å². The molecule has 4 N–H and O–H groups in total. The van der Waals surface area contributed by atoms with E-state index in [1.807, 2.05) is 76.2 Å². The summed E-state index contributed by atoms with van der Waals surface area (Å²) in [6.45, 7) is 7.99. The molecule has 0 fully saturated rings. The Labute approximate surface area is 244 Å². The van der Waals surface area contributed by atoms with Crippen LogP contribution < -0.4 is 20.9 Å². The Kier molecular flexibility index (Phi) is 9.22. The predicted molar refractivity (Wildman–Crippen MR) is 166 cm³/mol. The minimum atomic E-state index is -3.37. The van der Waals surface area contributed by atoms with Gasteiger partial charge in [0.1, 0.15) is 23.0 Å². The molecule has 4 rings (SSSR count). The maximum absolute atomic E-state index is 12.9. The van der Waals surface area contributed by atoms with Crippen molar-refractivity contribution >= 4 is 9.84 Å². The van der Waals surface area contributed by atoms with Crippen molar-refractivity contribution in [1.29, 1.82) is 0 Å². The number of rotatable bonds is 12. The molecule has 0 saturated carbocycles. The lowest BCUT2D eigenvalue weighted by atomic mass is 9.96. The van der Waals surface area contributed by atoms with Crippen LogP contribution in [0.15, 0.2) is 97.1 Å². The lowest BCUT2D eigenvalue weighted by Gasteiger charge is -2.18. The van der Waals surface area contributed by atoms with Crippen molar-refractivity contribution in [2.75, 3.05) is 0 Å². The van der Waals surface area contributed by atoms with Crippen LogP contribution in [0, 0.1) is 0 Å². The van der Waals surface area contributed by atoms with E-state index in [-0.39, 0.29) is 22.6 Å². The maximum atomic E-state index is 12.9. The van der Waals surface area contributed by atoms with Crippen LogP contribution in [0.1, 0.15) is 49.9 Å².